The topological polar surface area (TPSA) is 84.7 Å². The van der Waals surface area contributed by atoms with E-state index in [9.17, 15) is 9.59 Å². The standard InChI is InChI=1S/C9H19N3O3/c1-4-12(5-2)9(14)7(3)11-15-6-8(10)13/h7,11H,4-6H2,1-3H3,(H2,10,13). The van der Waals surface area contributed by atoms with E-state index >= 15 is 0 Å². The molecule has 6 nitrogen and oxygen atoms in total. The van der Waals surface area contributed by atoms with Crippen LogP contribution >= 0.6 is 0 Å². The summed E-state index contributed by atoms with van der Waals surface area (Å²) in [6, 6.07) is -0.482. The average Bonchev–Trinajstić information content (AvgIpc) is 2.18. The fraction of sp³-hybridized carbons (Fsp3) is 0.778. The Morgan fingerprint density at radius 3 is 2.33 bits per heavy atom. The number of hydrogen-bond donors (Lipinski definition) is 2. The molecule has 0 aliphatic heterocycles. The number of nitrogens with one attached hydrogen (secondary N) is 1. The Morgan fingerprint density at radius 1 is 1.40 bits per heavy atom. The van der Waals surface area contributed by atoms with E-state index in [1.54, 1.807) is 11.8 Å². The van der Waals surface area contributed by atoms with Crippen LogP contribution in [0.25, 0.3) is 0 Å². The van der Waals surface area contributed by atoms with Crippen molar-refractivity contribution in [2.24, 2.45) is 5.73 Å². The van der Waals surface area contributed by atoms with Crippen molar-refractivity contribution in [2.75, 3.05) is 19.7 Å². The van der Waals surface area contributed by atoms with Crippen LogP contribution in [0.4, 0.5) is 0 Å². The number of nitrogens with two attached hydrogens (primary N) is 1. The van der Waals surface area contributed by atoms with Gasteiger partial charge in [0.2, 0.25) is 11.8 Å². The molecule has 0 spiro atoms. The van der Waals surface area contributed by atoms with Gasteiger partial charge in [0.05, 0.1) is 0 Å². The van der Waals surface area contributed by atoms with Crippen molar-refractivity contribution in [1.29, 1.82) is 0 Å². The molecular weight excluding hydrogens is 198 g/mol. The maximum atomic E-state index is 11.6. The van der Waals surface area contributed by atoms with Gasteiger partial charge in [0.25, 0.3) is 0 Å². The third-order valence-corrected chi connectivity index (χ3v) is 1.92. The second-order valence-corrected chi connectivity index (χ2v) is 3.11. The summed E-state index contributed by atoms with van der Waals surface area (Å²) in [6.45, 7) is 6.53. The molecule has 1 atom stereocenters. The van der Waals surface area contributed by atoms with E-state index in [0.717, 1.165) is 0 Å². The molecule has 0 saturated heterocycles. The maximum Gasteiger partial charge on any atom is 0.245 e. The van der Waals surface area contributed by atoms with Crippen LogP contribution in [0.2, 0.25) is 0 Å². The number of carbonyl (C=O) groups is 2. The summed E-state index contributed by atoms with van der Waals surface area (Å²) in [4.78, 5) is 28.4. The van der Waals surface area contributed by atoms with Crippen LogP contribution in [0.1, 0.15) is 20.8 Å². The Kier molecular flexibility index (Phi) is 6.64. The summed E-state index contributed by atoms with van der Waals surface area (Å²) in [5.41, 5.74) is 7.34. The molecule has 0 aromatic carbocycles. The monoisotopic (exact) mass is 217 g/mol. The first-order chi connectivity index (χ1) is 7.02. The van der Waals surface area contributed by atoms with Gasteiger partial charge in [0.15, 0.2) is 0 Å². The van der Waals surface area contributed by atoms with E-state index in [1.807, 2.05) is 13.8 Å². The van der Waals surface area contributed by atoms with Crippen molar-refractivity contribution in [3.8, 4) is 0 Å². The van der Waals surface area contributed by atoms with E-state index in [0.29, 0.717) is 13.1 Å². The van der Waals surface area contributed by atoms with Crippen molar-refractivity contribution >= 4 is 11.8 Å². The fourth-order valence-corrected chi connectivity index (χ4v) is 1.10. The number of carbonyl (C=O) groups excluding carboxylic acids is 2. The minimum Gasteiger partial charge on any atom is -0.368 e. The van der Waals surface area contributed by atoms with E-state index in [-0.39, 0.29) is 12.5 Å². The molecule has 0 fully saturated rings. The van der Waals surface area contributed by atoms with Crippen LogP contribution < -0.4 is 11.2 Å². The first-order valence-electron chi connectivity index (χ1n) is 4.97. The predicted octanol–water partition coefficient (Wildman–Crippen LogP) is -0.750. The second-order valence-electron chi connectivity index (χ2n) is 3.11. The molecule has 0 rings (SSSR count). The number of rotatable bonds is 7. The van der Waals surface area contributed by atoms with Gasteiger partial charge in [-0.3, -0.25) is 14.4 Å². The summed E-state index contributed by atoms with van der Waals surface area (Å²) in [6.07, 6.45) is 0. The molecule has 6 heteroatoms. The number of hydrogen-bond acceptors (Lipinski definition) is 4. The highest BCUT2D eigenvalue weighted by Gasteiger charge is 2.17. The van der Waals surface area contributed by atoms with E-state index in [1.165, 1.54) is 0 Å². The highest BCUT2D eigenvalue weighted by atomic mass is 16.6. The summed E-state index contributed by atoms with van der Waals surface area (Å²) in [5, 5.41) is 0. The van der Waals surface area contributed by atoms with Crippen LogP contribution in [0.3, 0.4) is 0 Å². The quantitative estimate of drug-likeness (QED) is 0.549. The summed E-state index contributed by atoms with van der Waals surface area (Å²) in [5.74, 6) is -0.644. The van der Waals surface area contributed by atoms with Gasteiger partial charge in [-0.05, 0) is 20.8 Å². The molecule has 2 amide bonds. The van der Waals surface area contributed by atoms with Crippen molar-refractivity contribution in [1.82, 2.24) is 10.4 Å². The first kappa shape index (κ1) is 13.9. The highest BCUT2D eigenvalue weighted by Crippen LogP contribution is 1.94. The molecule has 0 aromatic heterocycles. The van der Waals surface area contributed by atoms with Crippen LogP contribution in [0.15, 0.2) is 0 Å². The van der Waals surface area contributed by atoms with Gasteiger partial charge in [0.1, 0.15) is 12.6 Å². The Bertz CT molecular complexity index is 217. The molecule has 0 aliphatic carbocycles. The van der Waals surface area contributed by atoms with Gasteiger partial charge < -0.3 is 10.6 Å². The minimum atomic E-state index is -0.579. The zero-order chi connectivity index (χ0) is 11.8. The van der Waals surface area contributed by atoms with Gasteiger partial charge in [-0.15, -0.1) is 0 Å². The molecule has 0 radical (unpaired) electrons. The third kappa shape index (κ3) is 5.34. The van der Waals surface area contributed by atoms with Gasteiger partial charge in [-0.1, -0.05) is 0 Å². The Balaban J connectivity index is 3.92. The maximum absolute atomic E-state index is 11.6. The van der Waals surface area contributed by atoms with Crippen molar-refractivity contribution < 1.29 is 14.4 Å². The minimum absolute atomic E-state index is 0.0653. The van der Waals surface area contributed by atoms with Gasteiger partial charge in [-0.2, -0.15) is 5.48 Å². The lowest BCUT2D eigenvalue weighted by atomic mass is 10.3. The fourth-order valence-electron chi connectivity index (χ4n) is 1.10. The zero-order valence-corrected chi connectivity index (χ0v) is 9.45. The molecule has 0 heterocycles. The Hall–Kier alpha value is -1.14. The van der Waals surface area contributed by atoms with Crippen molar-refractivity contribution in [2.45, 2.75) is 26.8 Å². The molecule has 3 N–H and O–H groups in total. The first-order valence-corrected chi connectivity index (χ1v) is 4.97. The van der Waals surface area contributed by atoms with Gasteiger partial charge >= 0.3 is 0 Å². The molecule has 0 saturated carbocycles. The Morgan fingerprint density at radius 2 is 1.93 bits per heavy atom. The lowest BCUT2D eigenvalue weighted by molar-refractivity contribution is -0.139. The molecule has 0 bridgehead atoms. The van der Waals surface area contributed by atoms with Crippen molar-refractivity contribution in [3.05, 3.63) is 0 Å². The largest absolute Gasteiger partial charge is 0.368 e. The molecule has 1 unspecified atom stereocenters. The number of hydroxylamine groups is 1. The van der Waals surface area contributed by atoms with E-state index in [4.69, 9.17) is 10.6 Å². The van der Waals surface area contributed by atoms with Gasteiger partial charge in [0, 0.05) is 13.1 Å². The van der Waals surface area contributed by atoms with Crippen molar-refractivity contribution in [3.63, 3.8) is 0 Å². The van der Waals surface area contributed by atoms with Crippen LogP contribution in [0, 0.1) is 0 Å². The predicted molar refractivity (Wildman–Crippen MR) is 55.7 cm³/mol. The number of likely N-dealkylation sites (N-methyl/N-ethyl adjacent to an activating group) is 1. The van der Waals surface area contributed by atoms with Crippen LogP contribution in [-0.4, -0.2) is 42.5 Å². The number of amides is 2. The van der Waals surface area contributed by atoms with Crippen LogP contribution in [0.5, 0.6) is 0 Å². The molecule has 15 heavy (non-hydrogen) atoms. The molecule has 0 aromatic rings. The highest BCUT2D eigenvalue weighted by molar-refractivity contribution is 5.81. The van der Waals surface area contributed by atoms with Gasteiger partial charge in [-0.25, -0.2) is 0 Å². The van der Waals surface area contributed by atoms with E-state index in [2.05, 4.69) is 5.48 Å². The second kappa shape index (κ2) is 7.19. The lowest BCUT2D eigenvalue weighted by Crippen LogP contribution is -2.45. The zero-order valence-electron chi connectivity index (χ0n) is 9.45. The molecule has 88 valence electrons. The average molecular weight is 217 g/mol. The van der Waals surface area contributed by atoms with Crippen LogP contribution in [-0.2, 0) is 14.4 Å². The number of primary amides is 1. The lowest BCUT2D eigenvalue weighted by Gasteiger charge is -2.22. The summed E-state index contributed by atoms with van der Waals surface area (Å²) in [7, 11) is 0. The third-order valence-electron chi connectivity index (χ3n) is 1.92. The smallest absolute Gasteiger partial charge is 0.245 e. The normalized spacial score (nSPS) is 12.2. The van der Waals surface area contributed by atoms with E-state index < -0.39 is 11.9 Å². The molecular formula is C9H19N3O3. The summed E-state index contributed by atoms with van der Waals surface area (Å²) < 4.78 is 0. The summed E-state index contributed by atoms with van der Waals surface area (Å²) >= 11 is 0. The number of nitrogens with zero attached hydrogens (tertiary/aromatic N) is 1. The Labute approximate surface area is 89.7 Å². The molecule has 0 aliphatic rings. The SMILES string of the molecule is CCN(CC)C(=O)C(C)NOCC(N)=O.